The van der Waals surface area contributed by atoms with Crippen LogP contribution in [0.25, 0.3) is 0 Å². The SMILES string of the molecule is Cc1ccc(N2CCCS2(=O)=O)cc1NC(=O)COc1ccc(C(C)(C)C)cc1. The van der Waals surface area contributed by atoms with E-state index in [1.54, 1.807) is 12.1 Å². The molecule has 1 amide bonds. The second-order valence-corrected chi connectivity index (χ2v) is 10.4. The first kappa shape index (κ1) is 21.2. The topological polar surface area (TPSA) is 75.7 Å². The van der Waals surface area contributed by atoms with Crippen LogP contribution in [-0.4, -0.2) is 33.2 Å². The van der Waals surface area contributed by atoms with Gasteiger partial charge in [0, 0.05) is 12.2 Å². The highest BCUT2D eigenvalue weighted by atomic mass is 32.2. The first-order valence-corrected chi connectivity index (χ1v) is 11.3. The van der Waals surface area contributed by atoms with Crippen molar-refractivity contribution < 1.29 is 17.9 Å². The maximum atomic E-state index is 12.4. The number of hydrogen-bond acceptors (Lipinski definition) is 4. The van der Waals surface area contributed by atoms with Crippen molar-refractivity contribution in [3.05, 3.63) is 53.6 Å². The standard InChI is InChI=1S/C22H28N2O4S/c1-16-6-9-18(24-12-5-13-29(24,26)27)14-20(16)23-21(25)15-28-19-10-7-17(8-11-19)22(2,3)4/h6-11,14H,5,12-13,15H2,1-4H3,(H,23,25). The predicted molar refractivity (Wildman–Crippen MR) is 116 cm³/mol. The van der Waals surface area contributed by atoms with Crippen LogP contribution in [0.2, 0.25) is 0 Å². The number of anilines is 2. The van der Waals surface area contributed by atoms with E-state index in [9.17, 15) is 13.2 Å². The minimum atomic E-state index is -3.26. The lowest BCUT2D eigenvalue weighted by Crippen LogP contribution is -2.25. The second-order valence-electron chi connectivity index (χ2n) is 8.35. The Morgan fingerprint density at radius 1 is 1.14 bits per heavy atom. The minimum Gasteiger partial charge on any atom is -0.484 e. The van der Waals surface area contributed by atoms with Gasteiger partial charge < -0.3 is 10.1 Å². The van der Waals surface area contributed by atoms with Crippen molar-refractivity contribution in [1.29, 1.82) is 0 Å². The molecule has 1 aliphatic heterocycles. The van der Waals surface area contributed by atoms with E-state index in [2.05, 4.69) is 26.1 Å². The molecule has 0 spiro atoms. The van der Waals surface area contributed by atoms with Gasteiger partial charge in [0.25, 0.3) is 5.91 Å². The zero-order chi connectivity index (χ0) is 21.2. The number of nitrogens with zero attached hydrogens (tertiary/aromatic N) is 1. The fraction of sp³-hybridized carbons (Fsp3) is 0.409. The number of amides is 1. The van der Waals surface area contributed by atoms with Gasteiger partial charge in [-0.2, -0.15) is 0 Å². The summed E-state index contributed by atoms with van der Waals surface area (Å²) in [6.07, 6.45) is 0.611. The molecule has 156 valence electrons. The number of rotatable bonds is 5. The Kier molecular flexibility index (Phi) is 5.89. The molecule has 0 unspecified atom stereocenters. The van der Waals surface area contributed by atoms with Crippen LogP contribution < -0.4 is 14.4 Å². The van der Waals surface area contributed by atoms with E-state index in [4.69, 9.17) is 4.74 Å². The maximum absolute atomic E-state index is 12.4. The first-order valence-electron chi connectivity index (χ1n) is 9.70. The van der Waals surface area contributed by atoms with Gasteiger partial charge in [0.05, 0.1) is 11.4 Å². The average Bonchev–Trinajstić information content (AvgIpc) is 3.00. The molecule has 7 heteroatoms. The highest BCUT2D eigenvalue weighted by Gasteiger charge is 2.28. The summed E-state index contributed by atoms with van der Waals surface area (Å²) in [7, 11) is -3.26. The van der Waals surface area contributed by atoms with Gasteiger partial charge in [-0.15, -0.1) is 0 Å². The smallest absolute Gasteiger partial charge is 0.262 e. The molecule has 1 fully saturated rings. The van der Waals surface area contributed by atoms with E-state index >= 15 is 0 Å². The zero-order valence-electron chi connectivity index (χ0n) is 17.4. The molecule has 1 heterocycles. The van der Waals surface area contributed by atoms with Gasteiger partial charge in [-0.05, 0) is 54.2 Å². The lowest BCUT2D eigenvalue weighted by atomic mass is 9.87. The quantitative estimate of drug-likeness (QED) is 0.803. The van der Waals surface area contributed by atoms with Gasteiger partial charge in [0.2, 0.25) is 10.0 Å². The van der Waals surface area contributed by atoms with Crippen molar-refractivity contribution in [2.24, 2.45) is 0 Å². The van der Waals surface area contributed by atoms with Crippen molar-refractivity contribution in [2.75, 3.05) is 28.5 Å². The summed E-state index contributed by atoms with van der Waals surface area (Å²) >= 11 is 0. The monoisotopic (exact) mass is 416 g/mol. The van der Waals surface area contributed by atoms with E-state index in [1.807, 2.05) is 37.3 Å². The molecular formula is C22H28N2O4S. The van der Waals surface area contributed by atoms with Crippen molar-refractivity contribution in [3.63, 3.8) is 0 Å². The molecule has 2 aromatic carbocycles. The van der Waals surface area contributed by atoms with E-state index < -0.39 is 10.0 Å². The van der Waals surface area contributed by atoms with Crippen LogP contribution in [0.5, 0.6) is 5.75 Å². The van der Waals surface area contributed by atoms with E-state index in [0.29, 0.717) is 30.1 Å². The molecule has 0 bridgehead atoms. The van der Waals surface area contributed by atoms with Crippen LogP contribution in [0, 0.1) is 6.92 Å². The highest BCUT2D eigenvalue weighted by Crippen LogP contribution is 2.29. The number of aryl methyl sites for hydroxylation is 1. The lowest BCUT2D eigenvalue weighted by molar-refractivity contribution is -0.118. The van der Waals surface area contributed by atoms with Crippen LogP contribution in [-0.2, 0) is 20.2 Å². The fourth-order valence-electron chi connectivity index (χ4n) is 3.22. The fourth-order valence-corrected chi connectivity index (χ4v) is 4.77. The summed E-state index contributed by atoms with van der Waals surface area (Å²) in [5.74, 6) is 0.487. The molecule has 6 nitrogen and oxygen atoms in total. The predicted octanol–water partition coefficient (Wildman–Crippen LogP) is 3.85. The van der Waals surface area contributed by atoms with Gasteiger partial charge in [0.1, 0.15) is 5.75 Å². The number of nitrogens with one attached hydrogen (secondary N) is 1. The molecule has 1 saturated heterocycles. The van der Waals surface area contributed by atoms with Crippen LogP contribution in [0.3, 0.4) is 0 Å². The van der Waals surface area contributed by atoms with Crippen molar-refractivity contribution in [1.82, 2.24) is 0 Å². The summed E-state index contributed by atoms with van der Waals surface area (Å²) in [5, 5.41) is 2.82. The number of carbonyl (C=O) groups excluding carboxylic acids is 1. The molecule has 0 aliphatic carbocycles. The molecule has 29 heavy (non-hydrogen) atoms. The Morgan fingerprint density at radius 3 is 2.41 bits per heavy atom. The Bertz CT molecular complexity index is 992. The van der Waals surface area contributed by atoms with Crippen molar-refractivity contribution in [2.45, 2.75) is 39.5 Å². The normalized spacial score (nSPS) is 15.9. The zero-order valence-corrected chi connectivity index (χ0v) is 18.2. The number of ether oxygens (including phenoxy) is 1. The third-order valence-electron chi connectivity index (χ3n) is 4.97. The van der Waals surface area contributed by atoms with Crippen molar-refractivity contribution in [3.8, 4) is 5.75 Å². The molecule has 0 radical (unpaired) electrons. The Hall–Kier alpha value is -2.54. The van der Waals surface area contributed by atoms with Crippen molar-refractivity contribution >= 4 is 27.3 Å². The number of sulfonamides is 1. The van der Waals surface area contributed by atoms with E-state index in [0.717, 1.165) is 5.56 Å². The second kappa shape index (κ2) is 8.06. The van der Waals surface area contributed by atoms with Gasteiger partial charge in [-0.3, -0.25) is 9.10 Å². The summed E-state index contributed by atoms with van der Waals surface area (Å²) in [6.45, 7) is 8.62. The minimum absolute atomic E-state index is 0.0568. The highest BCUT2D eigenvalue weighted by molar-refractivity contribution is 7.93. The molecule has 2 aromatic rings. The molecular weight excluding hydrogens is 388 g/mol. The van der Waals surface area contributed by atoms with Gasteiger partial charge in [0.15, 0.2) is 6.61 Å². The van der Waals surface area contributed by atoms with E-state index in [1.165, 1.54) is 9.87 Å². The number of hydrogen-bond donors (Lipinski definition) is 1. The summed E-state index contributed by atoms with van der Waals surface area (Å²) in [5.41, 5.74) is 3.26. The molecule has 3 rings (SSSR count). The maximum Gasteiger partial charge on any atom is 0.262 e. The molecule has 1 N–H and O–H groups in total. The van der Waals surface area contributed by atoms with Crippen LogP contribution in [0.15, 0.2) is 42.5 Å². The molecule has 0 aromatic heterocycles. The third-order valence-corrected chi connectivity index (χ3v) is 6.84. The Morgan fingerprint density at radius 2 is 1.83 bits per heavy atom. The van der Waals surface area contributed by atoms with Crippen LogP contribution in [0.4, 0.5) is 11.4 Å². The Balaban J connectivity index is 1.64. The summed E-state index contributed by atoms with van der Waals surface area (Å²) in [4.78, 5) is 12.4. The summed E-state index contributed by atoms with van der Waals surface area (Å²) < 4.78 is 31.3. The van der Waals surface area contributed by atoms with Crippen LogP contribution >= 0.6 is 0 Å². The summed E-state index contributed by atoms with van der Waals surface area (Å²) in [6, 6.07) is 13.0. The van der Waals surface area contributed by atoms with Gasteiger partial charge >= 0.3 is 0 Å². The van der Waals surface area contributed by atoms with E-state index in [-0.39, 0.29) is 23.7 Å². The first-order chi connectivity index (χ1) is 13.6. The lowest BCUT2D eigenvalue weighted by Gasteiger charge is -2.19. The third kappa shape index (κ3) is 5.09. The number of carbonyl (C=O) groups is 1. The number of benzene rings is 2. The van der Waals surface area contributed by atoms with Gasteiger partial charge in [-0.25, -0.2) is 8.42 Å². The molecule has 1 aliphatic rings. The average molecular weight is 417 g/mol. The van der Waals surface area contributed by atoms with Crippen LogP contribution in [0.1, 0.15) is 38.3 Å². The largest absolute Gasteiger partial charge is 0.484 e. The molecule has 0 saturated carbocycles. The molecule has 0 atom stereocenters. The van der Waals surface area contributed by atoms with Gasteiger partial charge in [-0.1, -0.05) is 39.0 Å². The Labute approximate surface area is 172 Å².